The summed E-state index contributed by atoms with van der Waals surface area (Å²) in [5.74, 6) is 0.0485. The molecule has 2 aromatic carbocycles. The van der Waals surface area contributed by atoms with Gasteiger partial charge in [-0.05, 0) is 49.6 Å². The van der Waals surface area contributed by atoms with E-state index >= 15 is 0 Å². The first-order chi connectivity index (χ1) is 15.5. The van der Waals surface area contributed by atoms with Crippen LogP contribution in [-0.2, 0) is 12.8 Å². The smallest absolute Gasteiger partial charge is 0.264 e. The van der Waals surface area contributed by atoms with Gasteiger partial charge in [0.25, 0.3) is 5.56 Å². The third kappa shape index (κ3) is 4.11. The molecule has 0 unspecified atom stereocenters. The Morgan fingerprint density at radius 3 is 2.66 bits per heavy atom. The number of nitrogens with two attached hydrogens (primary N) is 1. The van der Waals surface area contributed by atoms with Crippen LogP contribution in [0.5, 0.6) is 0 Å². The maximum Gasteiger partial charge on any atom is 0.264 e. The normalized spacial score (nSPS) is 12.2. The van der Waals surface area contributed by atoms with Crippen LogP contribution in [0.3, 0.4) is 0 Å². The Morgan fingerprint density at radius 1 is 1.16 bits per heavy atom. The SMILES string of the molecule is CCc1cc2c(F)ccc(Cl)c2c(=O)n1-c1ccccc1.Nc1ncnc2c1N=CCC2. The predicted molar refractivity (Wildman–Crippen MR) is 127 cm³/mol. The fourth-order valence-corrected chi connectivity index (χ4v) is 3.88. The fourth-order valence-electron chi connectivity index (χ4n) is 3.63. The molecule has 5 rings (SSSR count). The number of nitrogens with zero attached hydrogens (tertiary/aromatic N) is 4. The zero-order chi connectivity index (χ0) is 22.7. The van der Waals surface area contributed by atoms with Gasteiger partial charge in [0.2, 0.25) is 0 Å². The molecule has 0 saturated heterocycles. The van der Waals surface area contributed by atoms with E-state index in [1.807, 2.05) is 43.5 Å². The largest absolute Gasteiger partial charge is 0.382 e. The Labute approximate surface area is 189 Å². The number of aryl methyl sites for hydroxylation is 2. The van der Waals surface area contributed by atoms with Crippen LogP contribution >= 0.6 is 11.6 Å². The first-order valence-corrected chi connectivity index (χ1v) is 10.6. The van der Waals surface area contributed by atoms with Gasteiger partial charge in [-0.3, -0.25) is 14.4 Å². The lowest BCUT2D eigenvalue weighted by Gasteiger charge is -2.14. The zero-order valence-electron chi connectivity index (χ0n) is 17.4. The summed E-state index contributed by atoms with van der Waals surface area (Å²) in [5, 5.41) is 0.762. The predicted octanol–water partition coefficient (Wildman–Crippen LogP) is 5.05. The van der Waals surface area contributed by atoms with Crippen molar-refractivity contribution in [2.24, 2.45) is 4.99 Å². The average Bonchev–Trinajstić information content (AvgIpc) is 2.82. The first kappa shape index (κ1) is 21.6. The molecule has 0 atom stereocenters. The van der Waals surface area contributed by atoms with Gasteiger partial charge < -0.3 is 5.73 Å². The van der Waals surface area contributed by atoms with Crippen molar-refractivity contribution < 1.29 is 4.39 Å². The molecule has 32 heavy (non-hydrogen) atoms. The quantitative estimate of drug-likeness (QED) is 0.463. The maximum atomic E-state index is 14.0. The number of nitrogen functional groups attached to an aromatic ring is 1. The molecule has 1 aliphatic rings. The minimum atomic E-state index is -0.429. The lowest BCUT2D eigenvalue weighted by molar-refractivity contribution is 0.639. The Bertz CT molecular complexity index is 1370. The van der Waals surface area contributed by atoms with Crippen molar-refractivity contribution in [2.45, 2.75) is 26.2 Å². The van der Waals surface area contributed by atoms with Crippen LogP contribution in [-0.4, -0.2) is 20.7 Å². The Kier molecular flexibility index (Phi) is 6.28. The summed E-state index contributed by atoms with van der Waals surface area (Å²) < 4.78 is 15.6. The van der Waals surface area contributed by atoms with Crippen LogP contribution in [0.15, 0.2) is 64.6 Å². The highest BCUT2D eigenvalue weighted by Gasteiger charge is 2.15. The van der Waals surface area contributed by atoms with Crippen LogP contribution in [0, 0.1) is 5.82 Å². The maximum absolute atomic E-state index is 14.0. The number of hydrogen-bond donors (Lipinski definition) is 1. The van der Waals surface area contributed by atoms with Crippen molar-refractivity contribution in [3.8, 4) is 5.69 Å². The van der Waals surface area contributed by atoms with Crippen molar-refractivity contribution in [1.29, 1.82) is 0 Å². The number of aromatic nitrogens is 3. The molecular weight excluding hydrogens is 429 g/mol. The molecule has 1 aliphatic heterocycles. The molecular formula is C24H21ClFN5O. The lowest BCUT2D eigenvalue weighted by Crippen LogP contribution is -2.22. The van der Waals surface area contributed by atoms with Gasteiger partial charge in [-0.15, -0.1) is 0 Å². The van der Waals surface area contributed by atoms with Gasteiger partial charge in [0.1, 0.15) is 17.8 Å². The Balaban J connectivity index is 0.000000186. The van der Waals surface area contributed by atoms with E-state index in [0.717, 1.165) is 35.6 Å². The molecule has 0 aliphatic carbocycles. The molecule has 0 amide bonds. The van der Waals surface area contributed by atoms with Crippen LogP contribution in [0.1, 0.15) is 24.7 Å². The second-order valence-corrected chi connectivity index (χ2v) is 7.59. The summed E-state index contributed by atoms with van der Waals surface area (Å²) in [6.45, 7) is 1.93. The van der Waals surface area contributed by atoms with Gasteiger partial charge in [0.05, 0.1) is 16.1 Å². The van der Waals surface area contributed by atoms with Crippen molar-refractivity contribution >= 4 is 40.1 Å². The van der Waals surface area contributed by atoms with Crippen LogP contribution in [0.25, 0.3) is 16.5 Å². The number of anilines is 1. The number of rotatable bonds is 2. The van der Waals surface area contributed by atoms with Gasteiger partial charge in [0, 0.05) is 23.0 Å². The number of halogens is 2. The molecule has 0 radical (unpaired) electrons. The number of pyridine rings is 1. The topological polar surface area (TPSA) is 86.2 Å². The molecule has 4 aromatic rings. The second-order valence-electron chi connectivity index (χ2n) is 7.19. The average molecular weight is 450 g/mol. The van der Waals surface area contributed by atoms with E-state index in [1.165, 1.54) is 18.5 Å². The first-order valence-electron chi connectivity index (χ1n) is 10.2. The van der Waals surface area contributed by atoms with Gasteiger partial charge in [0.15, 0.2) is 5.82 Å². The van der Waals surface area contributed by atoms with Crippen molar-refractivity contribution in [3.63, 3.8) is 0 Å². The highest BCUT2D eigenvalue weighted by molar-refractivity contribution is 6.35. The second kappa shape index (κ2) is 9.28. The van der Waals surface area contributed by atoms with Crippen LogP contribution in [0.4, 0.5) is 15.9 Å². The summed E-state index contributed by atoms with van der Waals surface area (Å²) in [4.78, 5) is 24.8. The van der Waals surface area contributed by atoms with E-state index in [-0.39, 0.29) is 21.4 Å². The minimum Gasteiger partial charge on any atom is -0.382 e. The van der Waals surface area contributed by atoms with Crippen molar-refractivity contribution in [2.75, 3.05) is 5.73 Å². The Morgan fingerprint density at radius 2 is 1.94 bits per heavy atom. The number of para-hydroxylation sites is 1. The third-order valence-electron chi connectivity index (χ3n) is 5.19. The highest BCUT2D eigenvalue weighted by Crippen LogP contribution is 2.26. The number of fused-ring (bicyclic) bond motifs is 2. The minimum absolute atomic E-state index is 0.220. The fraction of sp³-hybridized carbons (Fsp3) is 0.167. The zero-order valence-corrected chi connectivity index (χ0v) is 18.2. The van der Waals surface area contributed by atoms with Gasteiger partial charge in [-0.2, -0.15) is 0 Å². The van der Waals surface area contributed by atoms with Gasteiger partial charge in [-0.25, -0.2) is 14.4 Å². The molecule has 2 N–H and O–H groups in total. The van der Waals surface area contributed by atoms with Crippen molar-refractivity contribution in [1.82, 2.24) is 14.5 Å². The summed E-state index contributed by atoms with van der Waals surface area (Å²) in [6, 6.07) is 13.7. The summed E-state index contributed by atoms with van der Waals surface area (Å²) in [5.41, 5.74) is 8.49. The van der Waals surface area contributed by atoms with E-state index < -0.39 is 5.82 Å². The summed E-state index contributed by atoms with van der Waals surface area (Å²) >= 11 is 6.11. The van der Waals surface area contributed by atoms with E-state index in [4.69, 9.17) is 17.3 Å². The van der Waals surface area contributed by atoms with E-state index in [2.05, 4.69) is 15.0 Å². The molecule has 0 bridgehead atoms. The van der Waals surface area contributed by atoms with E-state index in [9.17, 15) is 9.18 Å². The van der Waals surface area contributed by atoms with E-state index in [0.29, 0.717) is 12.2 Å². The van der Waals surface area contributed by atoms with Gasteiger partial charge >= 0.3 is 0 Å². The number of benzene rings is 2. The molecule has 0 fully saturated rings. The summed E-state index contributed by atoms with van der Waals surface area (Å²) in [6.07, 6.45) is 5.82. The molecule has 3 heterocycles. The third-order valence-corrected chi connectivity index (χ3v) is 5.51. The van der Waals surface area contributed by atoms with Crippen LogP contribution in [0.2, 0.25) is 5.02 Å². The molecule has 0 saturated carbocycles. The molecule has 2 aromatic heterocycles. The molecule has 0 spiro atoms. The monoisotopic (exact) mass is 449 g/mol. The van der Waals surface area contributed by atoms with Crippen molar-refractivity contribution in [3.05, 3.63) is 87.4 Å². The van der Waals surface area contributed by atoms with E-state index in [1.54, 1.807) is 10.6 Å². The Hall–Kier alpha value is -3.58. The van der Waals surface area contributed by atoms with Crippen LogP contribution < -0.4 is 11.3 Å². The molecule has 162 valence electrons. The number of hydrogen-bond acceptors (Lipinski definition) is 5. The molecule has 8 heteroatoms. The van der Waals surface area contributed by atoms with Gasteiger partial charge in [-0.1, -0.05) is 36.7 Å². The summed E-state index contributed by atoms with van der Waals surface area (Å²) in [7, 11) is 0. The molecule has 6 nitrogen and oxygen atoms in total. The highest BCUT2D eigenvalue weighted by atomic mass is 35.5. The standard InChI is InChI=1S/C17H13ClFNO.C7H8N4/c1-2-11-10-13-15(19)9-8-14(18)16(13)17(21)20(11)12-6-4-3-5-7-12;8-7-6-5(10-4-11-7)2-1-3-9-6/h3-10H,2H2,1H3;3-4H,1-2H2,(H2,8,10,11). The number of aliphatic imine (C=N–C) groups is 1. The lowest BCUT2D eigenvalue weighted by atomic mass is 10.1.